The van der Waals surface area contributed by atoms with Gasteiger partial charge in [0.15, 0.2) is 0 Å². The number of fused-ring (bicyclic) bond motifs is 1. The summed E-state index contributed by atoms with van der Waals surface area (Å²) in [6.07, 6.45) is 2.57. The summed E-state index contributed by atoms with van der Waals surface area (Å²) in [5.74, 6) is 0. The van der Waals surface area contributed by atoms with Crippen LogP contribution in [0.1, 0.15) is 30.5 Å². The molecule has 0 radical (unpaired) electrons. The molecule has 1 atom stereocenters. The third-order valence-corrected chi connectivity index (χ3v) is 4.10. The molecule has 0 saturated carbocycles. The van der Waals surface area contributed by atoms with Crippen molar-refractivity contribution < 1.29 is 0 Å². The van der Waals surface area contributed by atoms with Crippen molar-refractivity contribution in [3.8, 4) is 0 Å². The van der Waals surface area contributed by atoms with E-state index in [1.54, 1.807) is 11.1 Å². The van der Waals surface area contributed by atoms with Crippen molar-refractivity contribution in [2.45, 2.75) is 31.8 Å². The second-order valence-corrected chi connectivity index (χ2v) is 4.90. The van der Waals surface area contributed by atoms with Gasteiger partial charge < -0.3 is 5.32 Å². The van der Waals surface area contributed by atoms with Crippen LogP contribution in [0.2, 0.25) is 0 Å². The summed E-state index contributed by atoms with van der Waals surface area (Å²) in [4.78, 5) is 2.68. The lowest BCUT2D eigenvalue weighted by atomic mass is 10.0. The van der Waals surface area contributed by atoms with E-state index < -0.39 is 0 Å². The monoisotopic (exact) mass is 216 g/mol. The fourth-order valence-corrected chi connectivity index (χ4v) is 3.12. The molecule has 2 aliphatic rings. The van der Waals surface area contributed by atoms with Gasteiger partial charge in [-0.25, -0.2) is 0 Å². The van der Waals surface area contributed by atoms with Gasteiger partial charge >= 0.3 is 0 Å². The minimum Gasteiger partial charge on any atom is -0.314 e. The van der Waals surface area contributed by atoms with E-state index in [4.69, 9.17) is 0 Å². The Morgan fingerprint density at radius 2 is 2.12 bits per heavy atom. The number of aryl methyl sites for hydroxylation is 1. The quantitative estimate of drug-likeness (QED) is 0.831. The molecule has 1 aromatic carbocycles. The number of likely N-dealkylation sites (N-methyl/N-ethyl adjacent to an activating group) is 1. The predicted molar refractivity (Wildman–Crippen MR) is 66.5 cm³/mol. The molecule has 2 nitrogen and oxygen atoms in total. The molecule has 16 heavy (non-hydrogen) atoms. The van der Waals surface area contributed by atoms with Crippen LogP contribution in [0.5, 0.6) is 0 Å². The van der Waals surface area contributed by atoms with Gasteiger partial charge in [-0.15, -0.1) is 0 Å². The molecule has 1 heterocycles. The number of hydrogen-bond donors (Lipinski definition) is 1. The van der Waals surface area contributed by atoms with E-state index in [0.29, 0.717) is 6.04 Å². The summed E-state index contributed by atoms with van der Waals surface area (Å²) in [6, 6.07) is 10.4. The van der Waals surface area contributed by atoms with Gasteiger partial charge in [0.2, 0.25) is 0 Å². The summed E-state index contributed by atoms with van der Waals surface area (Å²) < 4.78 is 0. The topological polar surface area (TPSA) is 15.3 Å². The first-order valence-electron chi connectivity index (χ1n) is 6.44. The maximum Gasteiger partial charge on any atom is 0.0357 e. The molecule has 1 aromatic rings. The molecule has 86 valence electrons. The van der Waals surface area contributed by atoms with E-state index in [1.165, 1.54) is 32.5 Å². The molecule has 1 aliphatic heterocycles. The fourth-order valence-electron chi connectivity index (χ4n) is 3.12. The van der Waals surface area contributed by atoms with Crippen LogP contribution >= 0.6 is 0 Å². The number of nitrogens with zero attached hydrogens (tertiary/aromatic N) is 1. The third-order valence-electron chi connectivity index (χ3n) is 4.10. The van der Waals surface area contributed by atoms with Crippen LogP contribution in [-0.4, -0.2) is 30.6 Å². The summed E-state index contributed by atoms with van der Waals surface area (Å²) in [5.41, 5.74) is 3.15. The van der Waals surface area contributed by atoms with Gasteiger partial charge in [0.25, 0.3) is 0 Å². The number of nitrogens with one attached hydrogen (secondary N) is 1. The van der Waals surface area contributed by atoms with Crippen LogP contribution in [0, 0.1) is 0 Å². The highest BCUT2D eigenvalue weighted by Gasteiger charge is 2.33. The van der Waals surface area contributed by atoms with Crippen LogP contribution in [0.25, 0.3) is 0 Å². The number of benzene rings is 1. The van der Waals surface area contributed by atoms with E-state index in [2.05, 4.69) is 41.4 Å². The lowest BCUT2D eigenvalue weighted by molar-refractivity contribution is 0.101. The van der Waals surface area contributed by atoms with Gasteiger partial charge in [0, 0.05) is 25.2 Å². The van der Waals surface area contributed by atoms with Gasteiger partial charge in [0.1, 0.15) is 0 Å². The normalized spacial score (nSPS) is 24.5. The Morgan fingerprint density at radius 1 is 1.31 bits per heavy atom. The highest BCUT2D eigenvalue weighted by molar-refractivity contribution is 5.34. The molecule has 1 saturated heterocycles. The van der Waals surface area contributed by atoms with Gasteiger partial charge in [-0.1, -0.05) is 31.2 Å². The molecule has 1 aliphatic carbocycles. The highest BCUT2D eigenvalue weighted by atomic mass is 15.3. The van der Waals surface area contributed by atoms with Crippen LogP contribution in [0.15, 0.2) is 24.3 Å². The van der Waals surface area contributed by atoms with Crippen molar-refractivity contribution in [1.82, 2.24) is 10.2 Å². The van der Waals surface area contributed by atoms with E-state index >= 15 is 0 Å². The molecule has 1 N–H and O–H groups in total. The van der Waals surface area contributed by atoms with Crippen LogP contribution < -0.4 is 5.32 Å². The van der Waals surface area contributed by atoms with Crippen molar-refractivity contribution in [3.63, 3.8) is 0 Å². The summed E-state index contributed by atoms with van der Waals surface area (Å²) in [6.45, 7) is 5.81. The standard InChI is InChI=1S/C14H20N2/c1-2-16(12-9-15-10-12)14-8-7-11-5-3-4-6-13(11)14/h3-6,12,14-15H,2,7-10H2,1H3. The first kappa shape index (κ1) is 10.3. The molecule has 1 fully saturated rings. The maximum absolute atomic E-state index is 3.38. The minimum atomic E-state index is 0.674. The van der Waals surface area contributed by atoms with Gasteiger partial charge in [-0.2, -0.15) is 0 Å². The average Bonchev–Trinajstić information content (AvgIpc) is 2.67. The molecule has 3 rings (SSSR count). The van der Waals surface area contributed by atoms with Crippen LogP contribution in [0.3, 0.4) is 0 Å². The lowest BCUT2D eigenvalue weighted by Gasteiger charge is -2.41. The Hall–Kier alpha value is -0.860. The highest BCUT2D eigenvalue weighted by Crippen LogP contribution is 2.36. The predicted octanol–water partition coefficient (Wildman–Crippen LogP) is 1.97. The van der Waals surface area contributed by atoms with E-state index in [1.807, 2.05) is 0 Å². The van der Waals surface area contributed by atoms with Crippen molar-refractivity contribution in [1.29, 1.82) is 0 Å². The van der Waals surface area contributed by atoms with Crippen LogP contribution in [0.4, 0.5) is 0 Å². The van der Waals surface area contributed by atoms with E-state index in [9.17, 15) is 0 Å². The second-order valence-electron chi connectivity index (χ2n) is 4.90. The zero-order valence-corrected chi connectivity index (χ0v) is 9.95. The lowest BCUT2D eigenvalue weighted by Crippen LogP contribution is -2.57. The third kappa shape index (κ3) is 1.57. The van der Waals surface area contributed by atoms with Crippen molar-refractivity contribution in [2.24, 2.45) is 0 Å². The molecule has 0 amide bonds. The number of rotatable bonds is 3. The van der Waals surface area contributed by atoms with Crippen molar-refractivity contribution >= 4 is 0 Å². The van der Waals surface area contributed by atoms with E-state index in [0.717, 1.165) is 6.04 Å². The van der Waals surface area contributed by atoms with Crippen molar-refractivity contribution in [2.75, 3.05) is 19.6 Å². The number of hydrogen-bond acceptors (Lipinski definition) is 2. The van der Waals surface area contributed by atoms with Gasteiger partial charge in [0.05, 0.1) is 0 Å². The first-order valence-corrected chi connectivity index (χ1v) is 6.44. The smallest absolute Gasteiger partial charge is 0.0357 e. The molecule has 1 unspecified atom stereocenters. The summed E-state index contributed by atoms with van der Waals surface area (Å²) in [7, 11) is 0. The largest absolute Gasteiger partial charge is 0.314 e. The Labute approximate surface area is 97.6 Å². The Kier molecular flexibility index (Phi) is 2.70. The zero-order valence-electron chi connectivity index (χ0n) is 9.95. The fraction of sp³-hybridized carbons (Fsp3) is 0.571. The first-order chi connectivity index (χ1) is 7.90. The second kappa shape index (κ2) is 4.19. The van der Waals surface area contributed by atoms with Gasteiger partial charge in [-0.3, -0.25) is 4.90 Å². The SMILES string of the molecule is CCN(C1CNC1)C1CCc2ccccc21. The zero-order chi connectivity index (χ0) is 11.0. The molecular formula is C14H20N2. The minimum absolute atomic E-state index is 0.674. The Bertz CT molecular complexity index is 371. The maximum atomic E-state index is 3.38. The Balaban J connectivity index is 1.84. The van der Waals surface area contributed by atoms with Gasteiger partial charge in [-0.05, 0) is 30.5 Å². The van der Waals surface area contributed by atoms with Crippen molar-refractivity contribution in [3.05, 3.63) is 35.4 Å². The molecular weight excluding hydrogens is 196 g/mol. The van der Waals surface area contributed by atoms with Crippen LogP contribution in [-0.2, 0) is 6.42 Å². The summed E-state index contributed by atoms with van der Waals surface area (Å²) in [5, 5.41) is 3.38. The molecule has 0 bridgehead atoms. The van der Waals surface area contributed by atoms with E-state index in [-0.39, 0.29) is 0 Å². The average molecular weight is 216 g/mol. The molecule has 0 spiro atoms. The molecule has 0 aromatic heterocycles. The molecule has 2 heteroatoms. The summed E-state index contributed by atoms with van der Waals surface area (Å²) >= 11 is 0. The Morgan fingerprint density at radius 3 is 2.81 bits per heavy atom.